The Morgan fingerprint density at radius 3 is 2.22 bits per heavy atom. The number of hydrazone groups is 1. The van der Waals surface area contributed by atoms with E-state index in [9.17, 15) is 14.9 Å². The molecule has 0 N–H and O–H groups in total. The van der Waals surface area contributed by atoms with Gasteiger partial charge >= 0.3 is 12.0 Å². The number of benzene rings is 2. The number of ether oxygens (including phenoxy) is 1. The molecule has 0 bridgehead atoms. The van der Waals surface area contributed by atoms with Crippen LogP contribution in [0.15, 0.2) is 82.3 Å². The molecule has 3 aromatic rings. The molecule has 9 heteroatoms. The Bertz CT molecular complexity index is 1040. The third-order valence-corrected chi connectivity index (χ3v) is 4.93. The van der Waals surface area contributed by atoms with E-state index in [2.05, 4.69) is 34.3 Å². The van der Waals surface area contributed by atoms with Crippen molar-refractivity contribution < 1.29 is 18.9 Å². The molecule has 1 aromatic heterocycles. The summed E-state index contributed by atoms with van der Waals surface area (Å²) >= 11 is 0. The van der Waals surface area contributed by atoms with Gasteiger partial charge in [-0.15, -0.1) is 0 Å². The Kier molecular flexibility index (Phi) is 6.57. The minimum absolute atomic E-state index is 0.183. The fourth-order valence-corrected chi connectivity index (χ4v) is 3.49. The minimum atomic E-state index is -0.633. The lowest BCUT2D eigenvalue weighted by Gasteiger charge is -2.24. The van der Waals surface area contributed by atoms with Crippen molar-refractivity contribution in [2.75, 3.05) is 13.1 Å². The molecule has 4 rings (SSSR count). The topological polar surface area (TPSA) is 101 Å². The molecular formula is C23H22N4O5. The van der Waals surface area contributed by atoms with Crippen LogP contribution in [0.2, 0.25) is 0 Å². The number of cyclic esters (lactones) is 1. The number of amides is 1. The predicted molar refractivity (Wildman–Crippen MR) is 117 cm³/mol. The van der Waals surface area contributed by atoms with Crippen molar-refractivity contribution >= 4 is 18.2 Å². The van der Waals surface area contributed by atoms with Crippen LogP contribution in [0.5, 0.6) is 0 Å². The van der Waals surface area contributed by atoms with Crippen molar-refractivity contribution in [1.29, 1.82) is 0 Å². The van der Waals surface area contributed by atoms with Crippen LogP contribution in [0.4, 0.5) is 10.7 Å². The summed E-state index contributed by atoms with van der Waals surface area (Å²) in [5, 5.41) is 16.0. The van der Waals surface area contributed by atoms with Crippen LogP contribution in [0, 0.1) is 10.1 Å². The van der Waals surface area contributed by atoms with Crippen molar-refractivity contribution in [3.63, 3.8) is 0 Å². The monoisotopic (exact) mass is 434 g/mol. The van der Waals surface area contributed by atoms with Crippen LogP contribution in [-0.4, -0.2) is 46.3 Å². The smallest absolute Gasteiger partial charge is 0.433 e. The second-order valence-corrected chi connectivity index (χ2v) is 7.41. The van der Waals surface area contributed by atoms with E-state index in [1.807, 2.05) is 36.4 Å². The van der Waals surface area contributed by atoms with Crippen LogP contribution in [0.1, 0.15) is 16.9 Å². The molecule has 0 radical (unpaired) electrons. The standard InChI is InChI=1S/C23H22N4O5/c28-23-26(24-13-20-11-12-22(31-20)27(29)30)17-21(32-23)16-25(14-18-7-3-1-4-8-18)15-19-9-5-2-6-10-19/h1-13,21H,14-17H2/b24-13+. The molecule has 2 aromatic carbocycles. The lowest BCUT2D eigenvalue weighted by molar-refractivity contribution is -0.402. The van der Waals surface area contributed by atoms with E-state index < -0.39 is 11.0 Å². The maximum absolute atomic E-state index is 12.3. The Morgan fingerprint density at radius 2 is 1.66 bits per heavy atom. The van der Waals surface area contributed by atoms with Gasteiger partial charge in [-0.05, 0) is 17.2 Å². The second-order valence-electron chi connectivity index (χ2n) is 7.41. The fourth-order valence-electron chi connectivity index (χ4n) is 3.49. The maximum Gasteiger partial charge on any atom is 0.433 e. The zero-order valence-electron chi connectivity index (χ0n) is 17.2. The Balaban J connectivity index is 1.40. The first-order valence-electron chi connectivity index (χ1n) is 10.1. The van der Waals surface area contributed by atoms with Gasteiger partial charge < -0.3 is 9.15 Å². The zero-order chi connectivity index (χ0) is 22.3. The van der Waals surface area contributed by atoms with Crippen molar-refractivity contribution in [3.8, 4) is 0 Å². The third kappa shape index (κ3) is 5.58. The first-order chi connectivity index (χ1) is 15.6. The molecule has 164 valence electrons. The molecular weight excluding hydrogens is 412 g/mol. The SMILES string of the molecule is O=C1OC(CN(Cc2ccccc2)Cc2ccccc2)CN1/N=C/c1ccc([N+](=O)[O-])o1. The number of hydrogen-bond acceptors (Lipinski definition) is 7. The van der Waals surface area contributed by atoms with Gasteiger partial charge in [-0.3, -0.25) is 15.0 Å². The van der Waals surface area contributed by atoms with Gasteiger partial charge in [0, 0.05) is 19.6 Å². The van der Waals surface area contributed by atoms with Gasteiger partial charge in [0.1, 0.15) is 11.0 Å². The summed E-state index contributed by atoms with van der Waals surface area (Å²) in [4.78, 5) is 24.6. The first-order valence-corrected chi connectivity index (χ1v) is 10.1. The van der Waals surface area contributed by atoms with E-state index in [1.165, 1.54) is 34.5 Å². The van der Waals surface area contributed by atoms with Gasteiger partial charge in [-0.2, -0.15) is 10.1 Å². The number of nitro groups is 1. The van der Waals surface area contributed by atoms with Crippen molar-refractivity contribution in [1.82, 2.24) is 9.91 Å². The lowest BCUT2D eigenvalue weighted by Crippen LogP contribution is -2.33. The van der Waals surface area contributed by atoms with E-state index in [4.69, 9.17) is 9.15 Å². The summed E-state index contributed by atoms with van der Waals surface area (Å²) in [6.45, 7) is 2.23. The van der Waals surface area contributed by atoms with Crippen molar-refractivity contribution in [2.24, 2.45) is 5.10 Å². The summed E-state index contributed by atoms with van der Waals surface area (Å²) in [5.41, 5.74) is 2.34. The summed E-state index contributed by atoms with van der Waals surface area (Å²) in [6.07, 6.45) is 0.340. The predicted octanol–water partition coefficient (Wildman–Crippen LogP) is 4.04. The van der Waals surface area contributed by atoms with Crippen LogP contribution >= 0.6 is 0 Å². The van der Waals surface area contributed by atoms with E-state index >= 15 is 0 Å². The largest absolute Gasteiger partial charge is 0.441 e. The van der Waals surface area contributed by atoms with Crippen molar-refractivity contribution in [3.05, 3.63) is 99.8 Å². The summed E-state index contributed by atoms with van der Waals surface area (Å²) in [7, 11) is 0. The number of hydrogen-bond donors (Lipinski definition) is 0. The average Bonchev–Trinajstić information content (AvgIpc) is 3.40. The van der Waals surface area contributed by atoms with Crippen LogP contribution in [0.25, 0.3) is 0 Å². The highest BCUT2D eigenvalue weighted by Gasteiger charge is 2.32. The first kappa shape index (κ1) is 21.3. The van der Waals surface area contributed by atoms with Gasteiger partial charge in [0.25, 0.3) is 0 Å². The zero-order valence-corrected chi connectivity index (χ0v) is 17.2. The van der Waals surface area contributed by atoms with Crippen LogP contribution in [-0.2, 0) is 17.8 Å². The van der Waals surface area contributed by atoms with Gasteiger partial charge in [-0.1, -0.05) is 60.7 Å². The molecule has 1 saturated heterocycles. The highest BCUT2D eigenvalue weighted by molar-refractivity contribution is 5.78. The molecule has 1 fully saturated rings. The molecule has 1 unspecified atom stereocenters. The number of nitrogens with zero attached hydrogens (tertiary/aromatic N) is 4. The average molecular weight is 434 g/mol. The maximum atomic E-state index is 12.3. The van der Waals surface area contributed by atoms with E-state index in [0.29, 0.717) is 19.6 Å². The molecule has 0 aliphatic carbocycles. The van der Waals surface area contributed by atoms with Gasteiger partial charge in [0.05, 0.1) is 18.8 Å². The van der Waals surface area contributed by atoms with E-state index in [0.717, 1.165) is 0 Å². The fraction of sp³-hybridized carbons (Fsp3) is 0.217. The second kappa shape index (κ2) is 9.88. The van der Waals surface area contributed by atoms with Crippen LogP contribution < -0.4 is 0 Å². The number of furan rings is 1. The Hall–Kier alpha value is -3.98. The highest BCUT2D eigenvalue weighted by Crippen LogP contribution is 2.18. The highest BCUT2D eigenvalue weighted by atomic mass is 16.6. The van der Waals surface area contributed by atoms with Crippen molar-refractivity contribution in [2.45, 2.75) is 19.2 Å². The summed E-state index contributed by atoms with van der Waals surface area (Å²) in [5.74, 6) is -0.200. The molecule has 32 heavy (non-hydrogen) atoms. The number of rotatable bonds is 9. The molecule has 0 saturated carbocycles. The number of carbonyl (C=O) groups is 1. The minimum Gasteiger partial charge on any atom is -0.441 e. The molecule has 0 spiro atoms. The molecule has 2 heterocycles. The van der Waals surface area contributed by atoms with Gasteiger partial charge in [-0.25, -0.2) is 4.79 Å². The quantitative estimate of drug-likeness (QED) is 0.286. The molecule has 1 atom stereocenters. The van der Waals surface area contributed by atoms with Gasteiger partial charge in [0.2, 0.25) is 0 Å². The third-order valence-electron chi connectivity index (χ3n) is 4.93. The van der Waals surface area contributed by atoms with Crippen LogP contribution in [0.3, 0.4) is 0 Å². The Morgan fingerprint density at radius 1 is 1.03 bits per heavy atom. The van der Waals surface area contributed by atoms with Gasteiger partial charge in [0.15, 0.2) is 5.76 Å². The summed E-state index contributed by atoms with van der Waals surface area (Å²) < 4.78 is 10.5. The lowest BCUT2D eigenvalue weighted by atomic mass is 10.1. The summed E-state index contributed by atoms with van der Waals surface area (Å²) in [6, 6.07) is 22.9. The van der Waals surface area contributed by atoms with E-state index in [1.54, 1.807) is 0 Å². The molecule has 1 amide bonds. The van der Waals surface area contributed by atoms with E-state index in [-0.39, 0.29) is 24.3 Å². The Labute approximate surface area is 184 Å². The normalized spacial score (nSPS) is 16.1. The molecule has 1 aliphatic heterocycles. The number of carbonyl (C=O) groups excluding carboxylic acids is 1. The molecule has 9 nitrogen and oxygen atoms in total. The molecule has 1 aliphatic rings.